The molecule has 2 heterocycles. The van der Waals surface area contributed by atoms with Crippen LogP contribution in [0.25, 0.3) is 11.4 Å². The normalized spacial score (nSPS) is 16.8. The van der Waals surface area contributed by atoms with Crippen LogP contribution >= 0.6 is 0 Å². The fraction of sp³-hybridized carbons (Fsp3) is 0.318. The van der Waals surface area contributed by atoms with Crippen molar-refractivity contribution in [3.05, 3.63) is 65.8 Å². The number of halogens is 4. The van der Waals surface area contributed by atoms with Gasteiger partial charge in [0.25, 0.3) is 5.91 Å². The van der Waals surface area contributed by atoms with Crippen LogP contribution < -0.4 is 4.74 Å². The number of ether oxygens (including phenoxy) is 1. The molecule has 1 aromatic heterocycles. The second-order valence-electron chi connectivity index (χ2n) is 7.53. The summed E-state index contributed by atoms with van der Waals surface area (Å²) >= 11 is 0. The molecule has 2 aromatic carbocycles. The first-order valence-corrected chi connectivity index (χ1v) is 10.0. The quantitative estimate of drug-likeness (QED) is 0.520. The molecule has 6 nitrogen and oxygen atoms in total. The Labute approximate surface area is 180 Å². The molecule has 0 saturated carbocycles. The lowest BCUT2D eigenvalue weighted by atomic mass is 9.94. The van der Waals surface area contributed by atoms with Gasteiger partial charge in [0.05, 0.1) is 5.56 Å². The summed E-state index contributed by atoms with van der Waals surface area (Å²) in [5.74, 6) is -0.506. The van der Waals surface area contributed by atoms with Crippen LogP contribution in [0.15, 0.2) is 53.1 Å². The molecule has 0 radical (unpaired) electrons. The van der Waals surface area contributed by atoms with Crippen LogP contribution in [0.2, 0.25) is 0 Å². The van der Waals surface area contributed by atoms with Gasteiger partial charge in [-0.3, -0.25) is 4.79 Å². The largest absolute Gasteiger partial charge is 0.573 e. The van der Waals surface area contributed by atoms with E-state index in [-0.39, 0.29) is 34.5 Å². The molecule has 1 atom stereocenters. The predicted molar refractivity (Wildman–Crippen MR) is 105 cm³/mol. The summed E-state index contributed by atoms with van der Waals surface area (Å²) in [6, 6.07) is 11.0. The molecule has 32 heavy (non-hydrogen) atoms. The summed E-state index contributed by atoms with van der Waals surface area (Å²) in [5, 5.41) is 3.85. The maximum Gasteiger partial charge on any atom is 0.573 e. The summed E-state index contributed by atoms with van der Waals surface area (Å²) in [6.45, 7) is 0.984. The van der Waals surface area contributed by atoms with E-state index in [1.165, 1.54) is 18.2 Å². The molecular formula is C22H19F4N3O3. The van der Waals surface area contributed by atoms with Gasteiger partial charge >= 0.3 is 6.36 Å². The zero-order valence-corrected chi connectivity index (χ0v) is 16.8. The molecule has 1 aliphatic rings. The van der Waals surface area contributed by atoms with E-state index in [1.807, 2.05) is 0 Å². The van der Waals surface area contributed by atoms with Crippen molar-refractivity contribution in [1.29, 1.82) is 0 Å². The third-order valence-corrected chi connectivity index (χ3v) is 5.19. The van der Waals surface area contributed by atoms with Crippen LogP contribution in [0.1, 0.15) is 29.1 Å². The molecule has 1 saturated heterocycles. The molecule has 0 aliphatic carbocycles. The molecule has 1 aliphatic heterocycles. The lowest BCUT2D eigenvalue weighted by Gasteiger charge is -2.32. The third-order valence-electron chi connectivity index (χ3n) is 5.19. The minimum atomic E-state index is -4.79. The van der Waals surface area contributed by atoms with E-state index >= 15 is 0 Å². The van der Waals surface area contributed by atoms with Gasteiger partial charge in [0, 0.05) is 25.1 Å². The topological polar surface area (TPSA) is 68.5 Å². The van der Waals surface area contributed by atoms with Crippen molar-refractivity contribution in [3.63, 3.8) is 0 Å². The number of aromatic nitrogens is 2. The summed E-state index contributed by atoms with van der Waals surface area (Å²) in [4.78, 5) is 18.7. The van der Waals surface area contributed by atoms with Crippen LogP contribution in [-0.2, 0) is 6.42 Å². The number of likely N-dealkylation sites (tertiary alicyclic amines) is 1. The Morgan fingerprint density at radius 2 is 1.91 bits per heavy atom. The Hall–Kier alpha value is -3.43. The number of rotatable bonds is 5. The van der Waals surface area contributed by atoms with Gasteiger partial charge in [0.1, 0.15) is 11.6 Å². The zero-order chi connectivity index (χ0) is 22.7. The monoisotopic (exact) mass is 449 g/mol. The highest BCUT2D eigenvalue weighted by Crippen LogP contribution is 2.26. The van der Waals surface area contributed by atoms with Crippen molar-refractivity contribution in [1.82, 2.24) is 15.0 Å². The first-order chi connectivity index (χ1) is 15.3. The average Bonchev–Trinajstić information content (AvgIpc) is 3.21. The molecule has 168 valence electrons. The van der Waals surface area contributed by atoms with Crippen LogP contribution in [0.3, 0.4) is 0 Å². The summed E-state index contributed by atoms with van der Waals surface area (Å²) < 4.78 is 59.9. The highest BCUT2D eigenvalue weighted by Gasteiger charge is 2.31. The van der Waals surface area contributed by atoms with E-state index in [2.05, 4.69) is 14.9 Å². The number of alkyl halides is 3. The van der Waals surface area contributed by atoms with Gasteiger partial charge < -0.3 is 14.2 Å². The highest BCUT2D eigenvalue weighted by atomic mass is 19.4. The van der Waals surface area contributed by atoms with Gasteiger partial charge in [-0.05, 0) is 55.2 Å². The van der Waals surface area contributed by atoms with Crippen molar-refractivity contribution >= 4 is 5.91 Å². The van der Waals surface area contributed by atoms with E-state index in [1.54, 1.807) is 23.1 Å². The number of hydrogen-bond donors (Lipinski definition) is 0. The number of piperidine rings is 1. The Balaban J connectivity index is 1.38. The summed E-state index contributed by atoms with van der Waals surface area (Å²) in [5.41, 5.74) is 0.528. The minimum absolute atomic E-state index is 0.0643. The van der Waals surface area contributed by atoms with Crippen molar-refractivity contribution in [2.75, 3.05) is 13.1 Å². The Kier molecular flexibility index (Phi) is 6.11. The second-order valence-corrected chi connectivity index (χ2v) is 7.53. The van der Waals surface area contributed by atoms with Gasteiger partial charge in [0.15, 0.2) is 0 Å². The van der Waals surface area contributed by atoms with E-state index in [0.29, 0.717) is 25.4 Å². The van der Waals surface area contributed by atoms with Gasteiger partial charge in [-0.2, -0.15) is 4.98 Å². The number of amides is 1. The third kappa shape index (κ3) is 5.24. The minimum Gasteiger partial charge on any atom is -0.406 e. The number of carbonyl (C=O) groups is 1. The Morgan fingerprint density at radius 3 is 2.62 bits per heavy atom. The molecule has 0 spiro atoms. The highest BCUT2D eigenvalue weighted by molar-refractivity contribution is 5.94. The smallest absolute Gasteiger partial charge is 0.406 e. The molecule has 0 N–H and O–H groups in total. The fourth-order valence-electron chi connectivity index (χ4n) is 3.73. The van der Waals surface area contributed by atoms with Gasteiger partial charge in [-0.1, -0.05) is 17.3 Å². The molecule has 1 fully saturated rings. The number of hydrogen-bond acceptors (Lipinski definition) is 5. The molecule has 0 bridgehead atoms. The maximum absolute atomic E-state index is 13.9. The average molecular weight is 449 g/mol. The molecule has 4 rings (SSSR count). The maximum atomic E-state index is 13.9. The van der Waals surface area contributed by atoms with Gasteiger partial charge in [-0.15, -0.1) is 13.2 Å². The Bertz CT molecular complexity index is 1080. The lowest BCUT2D eigenvalue weighted by Crippen LogP contribution is -2.40. The number of nitrogens with zero attached hydrogens (tertiary/aromatic N) is 3. The van der Waals surface area contributed by atoms with Crippen LogP contribution in [0.5, 0.6) is 5.75 Å². The van der Waals surface area contributed by atoms with E-state index < -0.39 is 12.2 Å². The standard InChI is InChI=1S/C22H19F4N3O3/c23-18-6-2-1-5-17(18)20-27-19(32-28-20)12-14-4-3-11-29(13-14)21(30)15-7-9-16(10-8-15)31-22(24,25)26/h1-2,5-10,14H,3-4,11-13H2/t14-/m1/s1. The molecule has 1 amide bonds. The van der Waals surface area contributed by atoms with Crippen molar-refractivity contribution in [2.45, 2.75) is 25.6 Å². The molecule has 0 unspecified atom stereocenters. The van der Waals surface area contributed by atoms with Crippen molar-refractivity contribution in [2.24, 2.45) is 5.92 Å². The second kappa shape index (κ2) is 8.97. The van der Waals surface area contributed by atoms with E-state index in [4.69, 9.17) is 4.52 Å². The zero-order valence-electron chi connectivity index (χ0n) is 16.8. The first-order valence-electron chi connectivity index (χ1n) is 10.0. The van der Waals surface area contributed by atoms with Crippen LogP contribution in [0.4, 0.5) is 17.6 Å². The Morgan fingerprint density at radius 1 is 1.16 bits per heavy atom. The predicted octanol–water partition coefficient (Wildman–Crippen LogP) is 4.87. The van der Waals surface area contributed by atoms with E-state index in [9.17, 15) is 22.4 Å². The van der Waals surface area contributed by atoms with E-state index in [0.717, 1.165) is 25.0 Å². The molecule has 3 aromatic rings. The van der Waals surface area contributed by atoms with Gasteiger partial charge in [-0.25, -0.2) is 4.39 Å². The molecular weight excluding hydrogens is 430 g/mol. The number of carbonyl (C=O) groups excluding carboxylic acids is 1. The summed E-state index contributed by atoms with van der Waals surface area (Å²) in [7, 11) is 0. The van der Waals surface area contributed by atoms with Crippen molar-refractivity contribution in [3.8, 4) is 17.1 Å². The SMILES string of the molecule is O=C(c1ccc(OC(F)(F)F)cc1)N1CCC[C@H](Cc2nc(-c3ccccc3F)no2)C1. The molecule has 10 heteroatoms. The number of benzene rings is 2. The fourth-order valence-corrected chi connectivity index (χ4v) is 3.73. The van der Waals surface area contributed by atoms with Crippen LogP contribution in [-0.4, -0.2) is 40.4 Å². The first kappa shape index (κ1) is 21.8. The summed E-state index contributed by atoms with van der Waals surface area (Å²) in [6.07, 6.45) is -2.74. The lowest BCUT2D eigenvalue weighted by molar-refractivity contribution is -0.274. The van der Waals surface area contributed by atoms with Crippen LogP contribution in [0, 0.1) is 11.7 Å². The van der Waals surface area contributed by atoms with Crippen molar-refractivity contribution < 1.29 is 31.6 Å². The van der Waals surface area contributed by atoms with Gasteiger partial charge in [0.2, 0.25) is 11.7 Å².